The summed E-state index contributed by atoms with van der Waals surface area (Å²) in [5, 5.41) is 0. The first-order valence-electron chi connectivity index (χ1n) is 11.7. The third-order valence-corrected chi connectivity index (χ3v) is 4.98. The van der Waals surface area contributed by atoms with E-state index in [4.69, 9.17) is 0 Å². The number of hydrogen-bond acceptors (Lipinski definition) is 1. The normalized spacial score (nSPS) is 19.0. The van der Waals surface area contributed by atoms with Crippen LogP contribution in [0.25, 0.3) is 0 Å². The van der Waals surface area contributed by atoms with Crippen LogP contribution in [0.1, 0.15) is 85.0 Å². The molecule has 30 heavy (non-hydrogen) atoms. The van der Waals surface area contributed by atoms with Crippen molar-refractivity contribution < 1.29 is 4.74 Å². The molecule has 0 amide bonds. The van der Waals surface area contributed by atoms with Crippen molar-refractivity contribution in [1.82, 2.24) is 0 Å². The molecule has 0 N–H and O–H groups in total. The molecule has 2 rings (SSSR count). The summed E-state index contributed by atoms with van der Waals surface area (Å²) in [4.78, 5) is 0. The maximum atomic E-state index is 4.36. The fourth-order valence-corrected chi connectivity index (χ4v) is 3.36. The van der Waals surface area contributed by atoms with Gasteiger partial charge in [-0.05, 0) is 50.9 Å². The maximum Gasteiger partial charge on any atom is 0.0829 e. The summed E-state index contributed by atoms with van der Waals surface area (Å²) in [6.07, 6.45) is 30.8. The number of unbranched alkanes of at least 4 members (excludes halogenated alkanes) is 6. The predicted molar refractivity (Wildman–Crippen MR) is 138 cm³/mol. The number of fused-ring (bicyclic) bond motifs is 2. The highest BCUT2D eigenvalue weighted by Gasteiger charge is 2.29. The van der Waals surface area contributed by atoms with Crippen LogP contribution in [0, 0.1) is 11.8 Å². The van der Waals surface area contributed by atoms with E-state index in [-0.39, 0.29) is 0 Å². The minimum absolute atomic E-state index is 0.833. The standard InChI is InChI=1S/C10H20.C9H12.C6H10.C4H6O/c1-3-5-7-9-10-8-6-4-2;1-2-8-5-7-3-4-9(8)6-7;1-3-5-6-4-2;1-3-5-4-2/h3H,1,4-10H2,2H3;2-4,7,9H,5-6H2,1H3;3,5-6H,1,4H2,2H3;3-4H,1-2H2. The van der Waals surface area contributed by atoms with Gasteiger partial charge in [0.1, 0.15) is 0 Å². The zero-order valence-corrected chi connectivity index (χ0v) is 20.2. The van der Waals surface area contributed by atoms with Gasteiger partial charge in [-0.2, -0.15) is 0 Å². The molecule has 0 radical (unpaired) electrons. The van der Waals surface area contributed by atoms with Gasteiger partial charge in [-0.15, -0.1) is 6.58 Å². The number of hydrogen-bond donors (Lipinski definition) is 0. The van der Waals surface area contributed by atoms with Crippen LogP contribution in [0.3, 0.4) is 0 Å². The smallest absolute Gasteiger partial charge is 0.0829 e. The topological polar surface area (TPSA) is 9.23 Å². The second kappa shape index (κ2) is 25.0. The van der Waals surface area contributed by atoms with Gasteiger partial charge in [0.15, 0.2) is 0 Å². The first kappa shape index (κ1) is 30.2. The van der Waals surface area contributed by atoms with Gasteiger partial charge < -0.3 is 4.74 Å². The van der Waals surface area contributed by atoms with E-state index >= 15 is 0 Å². The van der Waals surface area contributed by atoms with Crippen molar-refractivity contribution >= 4 is 0 Å². The fourth-order valence-electron chi connectivity index (χ4n) is 3.36. The average Bonchev–Trinajstić information content (AvgIpc) is 3.40. The molecule has 2 aliphatic carbocycles. The van der Waals surface area contributed by atoms with E-state index in [1.807, 2.05) is 12.2 Å². The monoisotopic (exact) mass is 412 g/mol. The van der Waals surface area contributed by atoms with Crippen molar-refractivity contribution in [2.45, 2.75) is 85.0 Å². The van der Waals surface area contributed by atoms with Gasteiger partial charge >= 0.3 is 0 Å². The summed E-state index contributed by atoms with van der Waals surface area (Å²) in [6.45, 7) is 20.2. The van der Waals surface area contributed by atoms with Gasteiger partial charge in [0, 0.05) is 0 Å². The Hall–Kier alpha value is -2.02. The lowest BCUT2D eigenvalue weighted by Crippen LogP contribution is -1.90. The quantitative estimate of drug-likeness (QED) is 0.142. The predicted octanol–water partition coefficient (Wildman–Crippen LogP) is 9.88. The second-order valence-corrected chi connectivity index (χ2v) is 7.44. The zero-order chi connectivity index (χ0) is 22.9. The second-order valence-electron chi connectivity index (χ2n) is 7.44. The molecule has 1 heteroatoms. The lowest BCUT2D eigenvalue weighted by atomic mass is 10.0. The Balaban J connectivity index is 0. The van der Waals surface area contributed by atoms with Crippen molar-refractivity contribution in [2.75, 3.05) is 0 Å². The first-order chi connectivity index (χ1) is 14.6. The summed E-state index contributed by atoms with van der Waals surface area (Å²) in [5.74, 6) is 1.74. The molecule has 0 spiro atoms. The molecule has 1 fully saturated rings. The third kappa shape index (κ3) is 19.3. The fraction of sp³-hybridized carbons (Fsp3) is 0.517. The molecule has 170 valence electrons. The van der Waals surface area contributed by atoms with Crippen LogP contribution in [0.5, 0.6) is 0 Å². The van der Waals surface area contributed by atoms with E-state index in [9.17, 15) is 0 Å². The van der Waals surface area contributed by atoms with Crippen LogP contribution in [-0.2, 0) is 4.74 Å². The van der Waals surface area contributed by atoms with Gasteiger partial charge in [-0.1, -0.05) is 114 Å². The van der Waals surface area contributed by atoms with E-state index in [1.54, 1.807) is 11.6 Å². The van der Waals surface area contributed by atoms with Crippen molar-refractivity contribution in [3.63, 3.8) is 0 Å². The van der Waals surface area contributed by atoms with Crippen LogP contribution in [-0.4, -0.2) is 0 Å². The largest absolute Gasteiger partial charge is 0.474 e. The zero-order valence-electron chi connectivity index (χ0n) is 20.2. The molecule has 0 heterocycles. The summed E-state index contributed by atoms with van der Waals surface area (Å²) in [7, 11) is 0. The van der Waals surface area contributed by atoms with E-state index in [0.717, 1.165) is 18.3 Å². The van der Waals surface area contributed by atoms with E-state index < -0.39 is 0 Å². The van der Waals surface area contributed by atoms with Crippen LogP contribution in [0.4, 0.5) is 0 Å². The highest BCUT2D eigenvalue weighted by molar-refractivity contribution is 5.26. The van der Waals surface area contributed by atoms with Crippen molar-refractivity contribution in [3.05, 3.63) is 86.9 Å². The molecule has 0 aromatic heterocycles. The molecule has 2 aliphatic rings. The maximum absolute atomic E-state index is 4.36. The van der Waals surface area contributed by atoms with Crippen LogP contribution < -0.4 is 0 Å². The Labute approximate surface area is 188 Å². The summed E-state index contributed by atoms with van der Waals surface area (Å²) >= 11 is 0. The minimum Gasteiger partial charge on any atom is -0.474 e. The van der Waals surface area contributed by atoms with Gasteiger partial charge in [0.2, 0.25) is 0 Å². The lowest BCUT2D eigenvalue weighted by molar-refractivity contribution is 0.406. The molecular formula is C29H48O. The molecule has 2 unspecified atom stereocenters. The molecule has 0 aromatic rings. The van der Waals surface area contributed by atoms with Crippen LogP contribution >= 0.6 is 0 Å². The van der Waals surface area contributed by atoms with E-state index in [0.29, 0.717) is 0 Å². The van der Waals surface area contributed by atoms with Gasteiger partial charge in [-0.25, -0.2) is 0 Å². The SMILES string of the molecule is C=CC=CCC.C=CCCCCCCCC.C=COC=C.CC=C1CC2C=CC1C2. The Morgan fingerprint density at radius 3 is 1.97 bits per heavy atom. The van der Waals surface area contributed by atoms with Crippen molar-refractivity contribution in [1.29, 1.82) is 0 Å². The van der Waals surface area contributed by atoms with Crippen molar-refractivity contribution in [2.24, 2.45) is 11.8 Å². The summed E-state index contributed by atoms with van der Waals surface area (Å²) < 4.78 is 4.36. The molecule has 0 aromatic carbocycles. The molecular weight excluding hydrogens is 364 g/mol. The van der Waals surface area contributed by atoms with E-state index in [2.05, 4.69) is 76.1 Å². The highest BCUT2D eigenvalue weighted by Crippen LogP contribution is 2.42. The Kier molecular flexibility index (Phi) is 25.2. The Bertz CT molecular complexity index is 500. The number of allylic oxidation sites excluding steroid dienone is 8. The van der Waals surface area contributed by atoms with Crippen molar-refractivity contribution in [3.8, 4) is 0 Å². The molecule has 2 atom stereocenters. The third-order valence-electron chi connectivity index (χ3n) is 4.98. The molecule has 2 bridgehead atoms. The molecule has 1 nitrogen and oxygen atoms in total. The summed E-state index contributed by atoms with van der Waals surface area (Å²) in [6, 6.07) is 0. The molecule has 0 saturated heterocycles. The van der Waals surface area contributed by atoms with Gasteiger partial charge in [0.05, 0.1) is 12.5 Å². The Morgan fingerprint density at radius 1 is 0.967 bits per heavy atom. The lowest BCUT2D eigenvalue weighted by Gasteiger charge is -2.05. The number of ether oxygens (including phenoxy) is 1. The number of rotatable bonds is 11. The van der Waals surface area contributed by atoms with Crippen LogP contribution in [0.15, 0.2) is 86.9 Å². The Morgan fingerprint density at radius 2 is 1.63 bits per heavy atom. The molecule has 1 saturated carbocycles. The average molecular weight is 413 g/mol. The minimum atomic E-state index is 0.833. The van der Waals surface area contributed by atoms with Gasteiger partial charge in [0.25, 0.3) is 0 Å². The van der Waals surface area contributed by atoms with Gasteiger partial charge in [-0.3, -0.25) is 0 Å². The first-order valence-corrected chi connectivity index (χ1v) is 11.7. The molecule has 0 aliphatic heterocycles. The van der Waals surface area contributed by atoms with Crippen LogP contribution in [0.2, 0.25) is 0 Å². The van der Waals surface area contributed by atoms with E-state index in [1.165, 1.54) is 70.3 Å². The highest BCUT2D eigenvalue weighted by atomic mass is 16.5. The summed E-state index contributed by atoms with van der Waals surface area (Å²) in [5.41, 5.74) is 1.67.